The fraction of sp³-hybridized carbons (Fsp3) is 0.222. The Balaban J connectivity index is 1.69. The van der Waals surface area contributed by atoms with Gasteiger partial charge in [-0.25, -0.2) is 4.79 Å². The number of rotatable bonds is 6. The van der Waals surface area contributed by atoms with Gasteiger partial charge in [0.2, 0.25) is 5.78 Å². The largest absolute Gasteiger partial charge is 0.462 e. The molecule has 0 saturated heterocycles. The lowest BCUT2D eigenvalue weighted by Crippen LogP contribution is -2.12. The Morgan fingerprint density at radius 3 is 2.61 bits per heavy atom. The van der Waals surface area contributed by atoms with Gasteiger partial charge in [0.15, 0.2) is 0 Å². The number of benzene rings is 1. The second-order valence-corrected chi connectivity index (χ2v) is 7.21. The van der Waals surface area contributed by atoms with E-state index in [1.54, 1.807) is 30.3 Å². The molecule has 5 heteroatoms. The Morgan fingerprint density at radius 1 is 1.09 bits per heavy atom. The lowest BCUT2D eigenvalue weighted by molar-refractivity contribution is 0.0508. The maximum atomic E-state index is 12.5. The van der Waals surface area contributed by atoms with Crippen LogP contribution >= 0.6 is 23.1 Å². The van der Waals surface area contributed by atoms with Crippen LogP contribution in [0.5, 0.6) is 0 Å². The van der Waals surface area contributed by atoms with Crippen LogP contribution < -0.4 is 0 Å². The first kappa shape index (κ1) is 16.0. The molecule has 3 rings (SSSR count). The smallest absolute Gasteiger partial charge is 0.338 e. The molecule has 0 saturated carbocycles. The SMILES string of the molecule is O=C(OCCC1=CCCS1)c1ccccc1C(=O)c1cccs1. The summed E-state index contributed by atoms with van der Waals surface area (Å²) in [6.07, 6.45) is 4.02. The van der Waals surface area contributed by atoms with E-state index in [1.165, 1.54) is 16.2 Å². The van der Waals surface area contributed by atoms with Crippen molar-refractivity contribution in [2.75, 3.05) is 12.4 Å². The van der Waals surface area contributed by atoms with Crippen molar-refractivity contribution in [3.8, 4) is 0 Å². The van der Waals surface area contributed by atoms with E-state index >= 15 is 0 Å². The zero-order valence-electron chi connectivity index (χ0n) is 12.5. The summed E-state index contributed by atoms with van der Waals surface area (Å²) in [7, 11) is 0. The molecule has 0 bridgehead atoms. The first-order chi connectivity index (χ1) is 11.3. The molecule has 2 heterocycles. The van der Waals surface area contributed by atoms with Crippen molar-refractivity contribution < 1.29 is 14.3 Å². The standard InChI is InChI=1S/C18H16O3S2/c19-17(16-8-4-12-23-16)14-6-1-2-7-15(14)18(20)21-10-9-13-5-3-11-22-13/h1-2,4-8,12H,3,9-11H2. The predicted molar refractivity (Wildman–Crippen MR) is 94.3 cm³/mol. The van der Waals surface area contributed by atoms with E-state index in [1.807, 2.05) is 23.2 Å². The van der Waals surface area contributed by atoms with Crippen molar-refractivity contribution in [2.24, 2.45) is 0 Å². The first-order valence-corrected chi connectivity index (χ1v) is 9.28. The van der Waals surface area contributed by atoms with Gasteiger partial charge in [-0.3, -0.25) is 4.79 Å². The van der Waals surface area contributed by atoms with Crippen molar-refractivity contribution in [1.82, 2.24) is 0 Å². The number of carbonyl (C=O) groups excluding carboxylic acids is 2. The zero-order chi connectivity index (χ0) is 16.1. The molecular formula is C18H16O3S2. The minimum absolute atomic E-state index is 0.137. The van der Waals surface area contributed by atoms with Crippen LogP contribution in [0.2, 0.25) is 0 Å². The van der Waals surface area contributed by atoms with E-state index < -0.39 is 5.97 Å². The van der Waals surface area contributed by atoms with Gasteiger partial charge in [0.05, 0.1) is 17.0 Å². The summed E-state index contributed by atoms with van der Waals surface area (Å²) < 4.78 is 5.36. The monoisotopic (exact) mass is 344 g/mol. The van der Waals surface area contributed by atoms with Gasteiger partial charge in [-0.2, -0.15) is 0 Å². The molecule has 118 valence electrons. The summed E-state index contributed by atoms with van der Waals surface area (Å²) in [5.41, 5.74) is 0.730. The zero-order valence-corrected chi connectivity index (χ0v) is 14.1. The number of allylic oxidation sites excluding steroid dienone is 1. The summed E-state index contributed by atoms with van der Waals surface area (Å²) in [4.78, 5) is 26.7. The Hall–Kier alpha value is -1.85. The van der Waals surface area contributed by atoms with Crippen molar-refractivity contribution >= 4 is 34.9 Å². The van der Waals surface area contributed by atoms with Gasteiger partial charge >= 0.3 is 5.97 Å². The summed E-state index contributed by atoms with van der Waals surface area (Å²) in [5, 5.41) is 1.85. The van der Waals surface area contributed by atoms with Crippen LogP contribution in [0.25, 0.3) is 0 Å². The molecule has 1 aromatic heterocycles. The van der Waals surface area contributed by atoms with Crippen molar-refractivity contribution in [3.63, 3.8) is 0 Å². The molecule has 0 unspecified atom stereocenters. The Bertz CT molecular complexity index is 732. The number of ketones is 1. The number of thioether (sulfide) groups is 1. The Labute approximate surface area is 143 Å². The molecule has 0 fully saturated rings. The highest BCUT2D eigenvalue weighted by Crippen LogP contribution is 2.27. The van der Waals surface area contributed by atoms with E-state index in [0.29, 0.717) is 22.6 Å². The van der Waals surface area contributed by atoms with Crippen LogP contribution in [0.1, 0.15) is 38.4 Å². The normalized spacial score (nSPS) is 13.7. The third-order valence-corrected chi connectivity index (χ3v) is 5.55. The third kappa shape index (κ3) is 3.92. The summed E-state index contributed by atoms with van der Waals surface area (Å²) in [5.74, 6) is 0.539. The number of hydrogen-bond acceptors (Lipinski definition) is 5. The topological polar surface area (TPSA) is 43.4 Å². The van der Waals surface area contributed by atoms with Crippen LogP contribution in [-0.4, -0.2) is 24.1 Å². The van der Waals surface area contributed by atoms with E-state index in [4.69, 9.17) is 4.74 Å². The van der Waals surface area contributed by atoms with Crippen LogP contribution in [0.15, 0.2) is 52.8 Å². The van der Waals surface area contributed by atoms with Gasteiger partial charge in [-0.05, 0) is 28.8 Å². The number of carbonyl (C=O) groups is 2. The van der Waals surface area contributed by atoms with Gasteiger partial charge in [-0.15, -0.1) is 23.1 Å². The van der Waals surface area contributed by atoms with Gasteiger partial charge in [-0.1, -0.05) is 30.3 Å². The minimum atomic E-state index is -0.436. The van der Waals surface area contributed by atoms with Crippen LogP contribution in [0.4, 0.5) is 0 Å². The van der Waals surface area contributed by atoms with E-state index in [9.17, 15) is 9.59 Å². The molecule has 1 aliphatic rings. The van der Waals surface area contributed by atoms with Crippen LogP contribution in [0.3, 0.4) is 0 Å². The van der Waals surface area contributed by atoms with Gasteiger partial charge in [0.1, 0.15) is 0 Å². The molecule has 1 aliphatic heterocycles. The number of thiophene rings is 1. The highest BCUT2D eigenvalue weighted by molar-refractivity contribution is 8.03. The molecule has 0 N–H and O–H groups in total. The minimum Gasteiger partial charge on any atom is -0.462 e. The average molecular weight is 344 g/mol. The quantitative estimate of drug-likeness (QED) is 0.570. The number of ether oxygens (including phenoxy) is 1. The van der Waals surface area contributed by atoms with E-state index in [2.05, 4.69) is 6.08 Å². The fourth-order valence-corrected chi connectivity index (χ4v) is 4.00. The van der Waals surface area contributed by atoms with Gasteiger partial charge in [0.25, 0.3) is 0 Å². The molecule has 0 atom stereocenters. The summed E-state index contributed by atoms with van der Waals surface area (Å²) in [6, 6.07) is 10.4. The number of esters is 1. The Morgan fingerprint density at radius 2 is 1.91 bits per heavy atom. The van der Waals surface area contributed by atoms with Crippen LogP contribution in [-0.2, 0) is 4.74 Å². The molecule has 0 aliphatic carbocycles. The van der Waals surface area contributed by atoms with E-state index in [-0.39, 0.29) is 5.78 Å². The molecule has 2 aromatic rings. The lowest BCUT2D eigenvalue weighted by atomic mass is 10.0. The van der Waals surface area contributed by atoms with Crippen molar-refractivity contribution in [3.05, 3.63) is 68.8 Å². The second-order valence-electron chi connectivity index (χ2n) is 5.05. The van der Waals surface area contributed by atoms with Crippen molar-refractivity contribution in [1.29, 1.82) is 0 Å². The van der Waals surface area contributed by atoms with Crippen LogP contribution in [0, 0.1) is 0 Å². The number of hydrogen-bond donors (Lipinski definition) is 0. The molecule has 1 aromatic carbocycles. The maximum absolute atomic E-state index is 12.5. The predicted octanol–water partition coefficient (Wildman–Crippen LogP) is 4.55. The second kappa shape index (κ2) is 7.62. The third-order valence-electron chi connectivity index (χ3n) is 3.50. The summed E-state index contributed by atoms with van der Waals surface area (Å²) in [6.45, 7) is 0.346. The molecule has 23 heavy (non-hydrogen) atoms. The molecule has 0 radical (unpaired) electrons. The lowest BCUT2D eigenvalue weighted by Gasteiger charge is -2.08. The first-order valence-electron chi connectivity index (χ1n) is 7.42. The highest BCUT2D eigenvalue weighted by Gasteiger charge is 2.19. The van der Waals surface area contributed by atoms with Gasteiger partial charge in [0, 0.05) is 17.7 Å². The molecular weight excluding hydrogens is 328 g/mol. The highest BCUT2D eigenvalue weighted by atomic mass is 32.2. The van der Waals surface area contributed by atoms with Gasteiger partial charge < -0.3 is 4.74 Å². The Kier molecular flexibility index (Phi) is 5.31. The average Bonchev–Trinajstić information content (AvgIpc) is 3.27. The molecule has 0 spiro atoms. The molecule has 0 amide bonds. The molecule has 3 nitrogen and oxygen atoms in total. The maximum Gasteiger partial charge on any atom is 0.338 e. The van der Waals surface area contributed by atoms with E-state index in [0.717, 1.165) is 18.6 Å². The van der Waals surface area contributed by atoms with Crippen molar-refractivity contribution in [2.45, 2.75) is 12.8 Å². The fourth-order valence-electron chi connectivity index (χ4n) is 2.36. The summed E-state index contributed by atoms with van der Waals surface area (Å²) >= 11 is 3.18.